The van der Waals surface area contributed by atoms with E-state index in [4.69, 9.17) is 0 Å². The molecule has 1 N–H and O–H groups in total. The van der Waals surface area contributed by atoms with Crippen molar-refractivity contribution in [3.8, 4) is 0 Å². The maximum absolute atomic E-state index is 14.2. The van der Waals surface area contributed by atoms with Crippen molar-refractivity contribution in [2.24, 2.45) is 0 Å². The lowest BCUT2D eigenvalue weighted by Gasteiger charge is -2.22. The molecule has 152 valence electrons. The summed E-state index contributed by atoms with van der Waals surface area (Å²) in [4.78, 5) is 28.4. The minimum atomic E-state index is -0.452. The van der Waals surface area contributed by atoms with Gasteiger partial charge in [0.15, 0.2) is 0 Å². The van der Waals surface area contributed by atoms with E-state index in [1.165, 1.54) is 24.3 Å². The van der Waals surface area contributed by atoms with Gasteiger partial charge in [0, 0.05) is 37.4 Å². The molecule has 0 unspecified atom stereocenters. The standard InChI is InChI=1S/C22H23F2N3O2/c23-17-4-1-3-16(13-17)21(28)26-9-2-10-27(12-11-26)22(29)25-18-7-8-19(15-5-6-15)20(24)14-18/h1,3-4,7-8,13-15H,2,5-6,9-12H2,(H,25,29). The molecule has 0 radical (unpaired) electrons. The fourth-order valence-corrected chi connectivity index (χ4v) is 3.66. The Balaban J connectivity index is 1.36. The Morgan fingerprint density at radius 3 is 2.41 bits per heavy atom. The summed E-state index contributed by atoms with van der Waals surface area (Å²) in [6.07, 6.45) is 2.64. The van der Waals surface area contributed by atoms with Gasteiger partial charge in [-0.3, -0.25) is 4.79 Å². The van der Waals surface area contributed by atoms with Crippen molar-refractivity contribution in [3.05, 3.63) is 65.2 Å². The Labute approximate surface area is 168 Å². The van der Waals surface area contributed by atoms with Crippen LogP contribution in [0.3, 0.4) is 0 Å². The Hall–Kier alpha value is -2.96. The number of hydrogen-bond acceptors (Lipinski definition) is 2. The number of nitrogens with zero attached hydrogens (tertiary/aromatic N) is 2. The second-order valence-electron chi connectivity index (χ2n) is 7.58. The molecular formula is C22H23F2N3O2. The molecule has 5 nitrogen and oxygen atoms in total. The first-order valence-electron chi connectivity index (χ1n) is 9.91. The van der Waals surface area contributed by atoms with E-state index in [1.807, 2.05) is 0 Å². The van der Waals surface area contributed by atoms with E-state index in [9.17, 15) is 18.4 Å². The summed E-state index contributed by atoms with van der Waals surface area (Å²) < 4.78 is 27.6. The number of halogens is 2. The maximum Gasteiger partial charge on any atom is 0.321 e. The molecule has 7 heteroatoms. The van der Waals surface area contributed by atoms with Crippen LogP contribution < -0.4 is 5.32 Å². The van der Waals surface area contributed by atoms with E-state index in [2.05, 4.69) is 5.32 Å². The van der Waals surface area contributed by atoms with Crippen LogP contribution in [-0.4, -0.2) is 47.9 Å². The smallest absolute Gasteiger partial charge is 0.321 e. The van der Waals surface area contributed by atoms with Gasteiger partial charge >= 0.3 is 6.03 Å². The topological polar surface area (TPSA) is 52.7 Å². The monoisotopic (exact) mass is 399 g/mol. The van der Waals surface area contributed by atoms with Gasteiger partial charge in [0.25, 0.3) is 5.91 Å². The van der Waals surface area contributed by atoms with Gasteiger partial charge in [0.2, 0.25) is 0 Å². The van der Waals surface area contributed by atoms with Crippen LogP contribution in [0.5, 0.6) is 0 Å². The number of hydrogen-bond donors (Lipinski definition) is 1. The lowest BCUT2D eigenvalue weighted by Crippen LogP contribution is -2.39. The van der Waals surface area contributed by atoms with Crippen LogP contribution in [0.2, 0.25) is 0 Å². The van der Waals surface area contributed by atoms with Crippen LogP contribution >= 0.6 is 0 Å². The van der Waals surface area contributed by atoms with Crippen molar-refractivity contribution in [1.82, 2.24) is 9.80 Å². The first kappa shape index (κ1) is 19.4. The number of anilines is 1. The Morgan fingerprint density at radius 2 is 1.69 bits per heavy atom. The molecular weight excluding hydrogens is 376 g/mol. The zero-order chi connectivity index (χ0) is 20.4. The summed E-state index contributed by atoms with van der Waals surface area (Å²) in [5.41, 5.74) is 1.44. The molecule has 3 amide bonds. The Bertz CT molecular complexity index is 930. The number of nitrogens with one attached hydrogen (secondary N) is 1. The van der Waals surface area contributed by atoms with Crippen LogP contribution in [-0.2, 0) is 0 Å². The molecule has 0 spiro atoms. The van der Waals surface area contributed by atoms with Crippen molar-refractivity contribution >= 4 is 17.6 Å². The predicted octanol–water partition coefficient (Wildman–Crippen LogP) is 4.22. The van der Waals surface area contributed by atoms with Crippen LogP contribution in [0.15, 0.2) is 42.5 Å². The highest BCUT2D eigenvalue weighted by molar-refractivity contribution is 5.94. The molecule has 0 bridgehead atoms. The van der Waals surface area contributed by atoms with Crippen molar-refractivity contribution in [2.75, 3.05) is 31.5 Å². The number of benzene rings is 2. The fraction of sp³-hybridized carbons (Fsp3) is 0.364. The van der Waals surface area contributed by atoms with Gasteiger partial charge < -0.3 is 15.1 Å². The zero-order valence-corrected chi connectivity index (χ0v) is 16.0. The first-order valence-corrected chi connectivity index (χ1v) is 9.91. The van der Waals surface area contributed by atoms with Gasteiger partial charge in [0.1, 0.15) is 11.6 Å². The third-order valence-electron chi connectivity index (χ3n) is 5.41. The van der Waals surface area contributed by atoms with Crippen LogP contribution in [0, 0.1) is 11.6 Å². The van der Waals surface area contributed by atoms with Gasteiger partial charge in [-0.15, -0.1) is 0 Å². The summed E-state index contributed by atoms with van der Waals surface area (Å²) >= 11 is 0. The molecule has 2 aromatic rings. The second kappa shape index (κ2) is 8.19. The van der Waals surface area contributed by atoms with Crippen LogP contribution in [0.1, 0.15) is 41.1 Å². The minimum Gasteiger partial charge on any atom is -0.337 e. The molecule has 1 saturated carbocycles. The summed E-state index contributed by atoms with van der Waals surface area (Å²) in [6, 6.07) is 10.1. The SMILES string of the molecule is O=C(Nc1ccc(C2CC2)c(F)c1)N1CCCN(C(=O)c2cccc(F)c2)CC1. The summed E-state index contributed by atoms with van der Waals surface area (Å²) in [7, 11) is 0. The largest absolute Gasteiger partial charge is 0.337 e. The second-order valence-corrected chi connectivity index (χ2v) is 7.58. The normalized spacial score (nSPS) is 17.0. The van der Waals surface area contributed by atoms with E-state index in [-0.39, 0.29) is 17.8 Å². The zero-order valence-electron chi connectivity index (χ0n) is 16.0. The van der Waals surface area contributed by atoms with Gasteiger partial charge in [0.05, 0.1) is 0 Å². The summed E-state index contributed by atoms with van der Waals surface area (Å²) in [6.45, 7) is 1.69. The molecule has 1 aliphatic carbocycles. The lowest BCUT2D eigenvalue weighted by molar-refractivity contribution is 0.0762. The molecule has 4 rings (SSSR count). The van der Waals surface area contributed by atoms with Crippen molar-refractivity contribution in [3.63, 3.8) is 0 Å². The molecule has 0 atom stereocenters. The highest BCUT2D eigenvalue weighted by Gasteiger charge is 2.27. The minimum absolute atomic E-state index is 0.246. The van der Waals surface area contributed by atoms with E-state index in [1.54, 1.807) is 28.0 Å². The number of carbonyl (C=O) groups excluding carboxylic acids is 2. The van der Waals surface area contributed by atoms with Gasteiger partial charge in [-0.1, -0.05) is 12.1 Å². The lowest BCUT2D eigenvalue weighted by atomic mass is 10.1. The quantitative estimate of drug-likeness (QED) is 0.840. The van der Waals surface area contributed by atoms with E-state index in [0.29, 0.717) is 55.3 Å². The van der Waals surface area contributed by atoms with Crippen molar-refractivity contribution < 1.29 is 18.4 Å². The predicted molar refractivity (Wildman–Crippen MR) is 106 cm³/mol. The molecule has 1 heterocycles. The molecule has 2 aromatic carbocycles. The third kappa shape index (κ3) is 4.55. The highest BCUT2D eigenvalue weighted by atomic mass is 19.1. The first-order chi connectivity index (χ1) is 14.0. The molecule has 29 heavy (non-hydrogen) atoms. The fourth-order valence-electron chi connectivity index (χ4n) is 3.66. The van der Waals surface area contributed by atoms with Crippen molar-refractivity contribution in [2.45, 2.75) is 25.2 Å². The Morgan fingerprint density at radius 1 is 0.931 bits per heavy atom. The van der Waals surface area contributed by atoms with Crippen LogP contribution in [0.25, 0.3) is 0 Å². The number of amides is 3. The molecule has 1 saturated heterocycles. The molecule has 0 aromatic heterocycles. The summed E-state index contributed by atoms with van der Waals surface area (Å²) in [5, 5.41) is 2.74. The maximum atomic E-state index is 14.2. The summed E-state index contributed by atoms with van der Waals surface area (Å²) in [5.74, 6) is -0.670. The Kier molecular flexibility index (Phi) is 5.47. The number of carbonyl (C=O) groups is 2. The average molecular weight is 399 g/mol. The van der Waals surface area contributed by atoms with Gasteiger partial charge in [-0.25, -0.2) is 13.6 Å². The molecule has 2 fully saturated rings. The molecule has 1 aliphatic heterocycles. The number of rotatable bonds is 3. The van der Waals surface area contributed by atoms with Crippen LogP contribution in [0.4, 0.5) is 19.3 Å². The van der Waals surface area contributed by atoms with Crippen molar-refractivity contribution in [1.29, 1.82) is 0 Å². The van der Waals surface area contributed by atoms with E-state index in [0.717, 1.165) is 12.8 Å². The van der Waals surface area contributed by atoms with E-state index < -0.39 is 5.82 Å². The third-order valence-corrected chi connectivity index (χ3v) is 5.41. The highest BCUT2D eigenvalue weighted by Crippen LogP contribution is 2.41. The molecule has 2 aliphatic rings. The van der Waals surface area contributed by atoms with Gasteiger partial charge in [-0.05, 0) is 61.1 Å². The average Bonchev–Trinajstić information content (AvgIpc) is 3.54. The van der Waals surface area contributed by atoms with Gasteiger partial charge in [-0.2, -0.15) is 0 Å². The van der Waals surface area contributed by atoms with E-state index >= 15 is 0 Å². The number of urea groups is 1.